The third-order valence-corrected chi connectivity index (χ3v) is 4.00. The SMILES string of the molecule is COc1ccccc1NC(N)=NCCc1c[nH]c2cccc(OC)c12.I. The van der Waals surface area contributed by atoms with Crippen LogP contribution in [0.1, 0.15) is 5.56 Å². The number of hydrogen-bond donors (Lipinski definition) is 3. The smallest absolute Gasteiger partial charge is 0.193 e. The van der Waals surface area contributed by atoms with Crippen molar-refractivity contribution < 1.29 is 9.47 Å². The first-order valence-corrected chi connectivity index (χ1v) is 8.06. The number of nitrogens with one attached hydrogen (secondary N) is 2. The molecule has 7 heteroatoms. The van der Waals surface area contributed by atoms with Crippen LogP contribution < -0.4 is 20.5 Å². The van der Waals surface area contributed by atoms with Gasteiger partial charge in [-0.2, -0.15) is 0 Å². The maximum atomic E-state index is 5.99. The summed E-state index contributed by atoms with van der Waals surface area (Å²) < 4.78 is 10.7. The molecule has 0 aliphatic heterocycles. The van der Waals surface area contributed by atoms with E-state index < -0.39 is 0 Å². The molecule has 0 amide bonds. The van der Waals surface area contributed by atoms with Crippen LogP contribution in [0.25, 0.3) is 10.9 Å². The van der Waals surface area contributed by atoms with E-state index in [0.717, 1.165) is 40.1 Å². The number of para-hydroxylation sites is 2. The lowest BCUT2D eigenvalue weighted by molar-refractivity contribution is 0.417. The molecule has 1 heterocycles. The highest BCUT2D eigenvalue weighted by Crippen LogP contribution is 2.28. The van der Waals surface area contributed by atoms with Crippen LogP contribution in [0.2, 0.25) is 0 Å². The number of anilines is 1. The molecule has 0 unspecified atom stereocenters. The molecule has 0 aliphatic rings. The number of rotatable bonds is 6. The topological polar surface area (TPSA) is 84.7 Å². The third-order valence-electron chi connectivity index (χ3n) is 4.00. The van der Waals surface area contributed by atoms with E-state index in [1.807, 2.05) is 48.7 Å². The van der Waals surface area contributed by atoms with Gasteiger partial charge in [-0.15, -0.1) is 24.0 Å². The van der Waals surface area contributed by atoms with Gasteiger partial charge in [0.05, 0.1) is 19.9 Å². The fraction of sp³-hybridized carbons (Fsp3) is 0.211. The standard InChI is InChI=1S/C19H22N4O2.HI/c1-24-16-8-4-3-6-14(16)23-19(20)21-11-10-13-12-22-15-7-5-9-17(25-2)18(13)15;/h3-9,12,22H,10-11H2,1-2H3,(H3,20,21,23);1H. The molecule has 26 heavy (non-hydrogen) atoms. The number of hydrogen-bond acceptors (Lipinski definition) is 3. The minimum atomic E-state index is 0. The molecule has 4 N–H and O–H groups in total. The number of aromatic nitrogens is 1. The first kappa shape index (κ1) is 19.9. The molecule has 1 aromatic heterocycles. The number of H-pyrrole nitrogens is 1. The van der Waals surface area contributed by atoms with Gasteiger partial charge in [0, 0.05) is 23.6 Å². The second-order valence-corrected chi connectivity index (χ2v) is 5.54. The lowest BCUT2D eigenvalue weighted by atomic mass is 10.1. The van der Waals surface area contributed by atoms with E-state index >= 15 is 0 Å². The van der Waals surface area contributed by atoms with Gasteiger partial charge in [-0.3, -0.25) is 4.99 Å². The molecule has 0 radical (unpaired) electrons. The van der Waals surface area contributed by atoms with Crippen molar-refractivity contribution in [1.82, 2.24) is 4.98 Å². The Morgan fingerprint density at radius 3 is 2.58 bits per heavy atom. The largest absolute Gasteiger partial charge is 0.496 e. The van der Waals surface area contributed by atoms with E-state index in [1.165, 1.54) is 0 Å². The summed E-state index contributed by atoms with van der Waals surface area (Å²) in [6, 6.07) is 13.5. The van der Waals surface area contributed by atoms with E-state index in [0.29, 0.717) is 12.5 Å². The molecular weight excluding hydrogens is 443 g/mol. The lowest BCUT2D eigenvalue weighted by Crippen LogP contribution is -2.23. The summed E-state index contributed by atoms with van der Waals surface area (Å²) in [4.78, 5) is 7.67. The molecule has 0 atom stereocenters. The van der Waals surface area contributed by atoms with Crippen molar-refractivity contribution >= 4 is 46.5 Å². The number of methoxy groups -OCH3 is 2. The lowest BCUT2D eigenvalue weighted by Gasteiger charge is -2.10. The molecule has 138 valence electrons. The van der Waals surface area contributed by atoms with Gasteiger partial charge < -0.3 is 25.5 Å². The summed E-state index contributed by atoms with van der Waals surface area (Å²) in [5, 5.41) is 4.17. The number of nitrogens with two attached hydrogens (primary N) is 1. The van der Waals surface area contributed by atoms with E-state index in [4.69, 9.17) is 15.2 Å². The number of aliphatic imine (C=N–C) groups is 1. The van der Waals surface area contributed by atoms with Gasteiger partial charge >= 0.3 is 0 Å². The molecule has 0 aliphatic carbocycles. The Morgan fingerprint density at radius 2 is 1.81 bits per heavy atom. The van der Waals surface area contributed by atoms with E-state index in [9.17, 15) is 0 Å². The zero-order valence-electron chi connectivity index (χ0n) is 14.8. The highest BCUT2D eigenvalue weighted by atomic mass is 127. The maximum Gasteiger partial charge on any atom is 0.193 e. The number of ether oxygens (including phenoxy) is 2. The maximum absolute atomic E-state index is 5.99. The van der Waals surface area contributed by atoms with Crippen molar-refractivity contribution in [3.05, 3.63) is 54.2 Å². The van der Waals surface area contributed by atoms with Crippen LogP contribution in [0.3, 0.4) is 0 Å². The Bertz CT molecular complexity index is 892. The minimum absolute atomic E-state index is 0. The number of nitrogens with zero attached hydrogens (tertiary/aromatic N) is 1. The fourth-order valence-electron chi connectivity index (χ4n) is 2.81. The fourth-order valence-corrected chi connectivity index (χ4v) is 2.81. The van der Waals surface area contributed by atoms with Gasteiger partial charge in [-0.1, -0.05) is 18.2 Å². The summed E-state index contributed by atoms with van der Waals surface area (Å²) in [6.45, 7) is 0.568. The Kier molecular flexibility index (Phi) is 7.14. The number of halogens is 1. The van der Waals surface area contributed by atoms with Crippen LogP contribution in [0.5, 0.6) is 11.5 Å². The van der Waals surface area contributed by atoms with Crippen LogP contribution in [-0.4, -0.2) is 31.7 Å². The highest BCUT2D eigenvalue weighted by Gasteiger charge is 2.08. The summed E-state index contributed by atoms with van der Waals surface area (Å²) in [5.74, 6) is 1.94. The second-order valence-electron chi connectivity index (χ2n) is 5.54. The van der Waals surface area contributed by atoms with Gasteiger partial charge in [-0.05, 0) is 36.2 Å². The number of fused-ring (bicyclic) bond motifs is 1. The Hall–Kier alpha value is -2.42. The van der Waals surface area contributed by atoms with Crippen LogP contribution in [-0.2, 0) is 6.42 Å². The van der Waals surface area contributed by atoms with Crippen LogP contribution >= 0.6 is 24.0 Å². The van der Waals surface area contributed by atoms with Crippen LogP contribution in [0.4, 0.5) is 5.69 Å². The molecule has 0 bridgehead atoms. The van der Waals surface area contributed by atoms with E-state index in [1.54, 1.807) is 14.2 Å². The molecular formula is C19H23IN4O2. The molecule has 0 spiro atoms. The predicted molar refractivity (Wildman–Crippen MR) is 117 cm³/mol. The minimum Gasteiger partial charge on any atom is -0.496 e. The molecule has 3 rings (SSSR count). The summed E-state index contributed by atoms with van der Waals surface area (Å²) in [5.41, 5.74) is 8.99. The summed E-state index contributed by atoms with van der Waals surface area (Å²) in [6.07, 6.45) is 2.75. The normalized spacial score (nSPS) is 11.1. The number of aromatic amines is 1. The van der Waals surface area contributed by atoms with Crippen molar-refractivity contribution in [2.24, 2.45) is 10.7 Å². The molecule has 0 saturated heterocycles. The van der Waals surface area contributed by atoms with E-state index in [-0.39, 0.29) is 24.0 Å². The van der Waals surface area contributed by atoms with Gasteiger partial charge in [0.1, 0.15) is 11.5 Å². The average molecular weight is 466 g/mol. The first-order valence-electron chi connectivity index (χ1n) is 8.06. The van der Waals surface area contributed by atoms with Gasteiger partial charge in [0.15, 0.2) is 5.96 Å². The Labute approximate surface area is 169 Å². The predicted octanol–water partition coefficient (Wildman–Crippen LogP) is 3.77. The first-order chi connectivity index (χ1) is 12.2. The number of guanidine groups is 1. The van der Waals surface area contributed by atoms with Crippen LogP contribution in [0.15, 0.2) is 53.7 Å². The van der Waals surface area contributed by atoms with Crippen molar-refractivity contribution in [2.75, 3.05) is 26.1 Å². The van der Waals surface area contributed by atoms with Gasteiger partial charge in [-0.25, -0.2) is 0 Å². The Morgan fingerprint density at radius 1 is 1.08 bits per heavy atom. The number of benzene rings is 2. The molecule has 6 nitrogen and oxygen atoms in total. The molecule has 0 saturated carbocycles. The van der Waals surface area contributed by atoms with Crippen molar-refractivity contribution in [3.63, 3.8) is 0 Å². The Balaban J connectivity index is 0.00000243. The average Bonchev–Trinajstić information content (AvgIpc) is 3.05. The molecule has 2 aromatic carbocycles. The zero-order chi connectivity index (χ0) is 17.6. The molecule has 3 aromatic rings. The summed E-state index contributed by atoms with van der Waals surface area (Å²) in [7, 11) is 3.30. The summed E-state index contributed by atoms with van der Waals surface area (Å²) >= 11 is 0. The van der Waals surface area contributed by atoms with Gasteiger partial charge in [0.25, 0.3) is 0 Å². The zero-order valence-corrected chi connectivity index (χ0v) is 17.1. The third kappa shape index (κ3) is 4.40. The van der Waals surface area contributed by atoms with Crippen molar-refractivity contribution in [2.45, 2.75) is 6.42 Å². The second kappa shape index (κ2) is 9.33. The van der Waals surface area contributed by atoms with Crippen molar-refractivity contribution in [1.29, 1.82) is 0 Å². The monoisotopic (exact) mass is 466 g/mol. The van der Waals surface area contributed by atoms with Gasteiger partial charge in [0.2, 0.25) is 0 Å². The van der Waals surface area contributed by atoms with Crippen molar-refractivity contribution in [3.8, 4) is 11.5 Å². The van der Waals surface area contributed by atoms with E-state index in [2.05, 4.69) is 15.3 Å². The highest BCUT2D eigenvalue weighted by molar-refractivity contribution is 14.0. The molecule has 0 fully saturated rings. The quantitative estimate of drug-likeness (QED) is 0.294. The van der Waals surface area contributed by atoms with Crippen LogP contribution in [0, 0.1) is 0 Å².